The van der Waals surface area contributed by atoms with Crippen molar-refractivity contribution in [2.24, 2.45) is 5.41 Å². The van der Waals surface area contributed by atoms with E-state index in [1.165, 1.54) is 0 Å². The topological polar surface area (TPSA) is 66.5 Å². The van der Waals surface area contributed by atoms with Crippen molar-refractivity contribution in [2.45, 2.75) is 45.6 Å². The van der Waals surface area contributed by atoms with Gasteiger partial charge in [0.05, 0.1) is 0 Å². The maximum absolute atomic E-state index is 11.5. The Labute approximate surface area is 94.2 Å². The summed E-state index contributed by atoms with van der Waals surface area (Å²) in [5.41, 5.74) is 0.134. The summed E-state index contributed by atoms with van der Waals surface area (Å²) >= 11 is 0. The zero-order valence-electron chi connectivity index (χ0n) is 9.58. The number of rotatable bonds is 1. The molecule has 0 aromatic rings. The molecule has 1 N–H and O–H groups in total. The molecule has 0 bridgehead atoms. The molecule has 0 aromatic carbocycles. The second kappa shape index (κ2) is 3.57. The summed E-state index contributed by atoms with van der Waals surface area (Å²) in [5.74, 6) is -1.50. The fraction of sp³-hybridized carbons (Fsp3) is 0.727. The minimum absolute atomic E-state index is 0.123. The first-order valence-corrected chi connectivity index (χ1v) is 5.59. The van der Waals surface area contributed by atoms with E-state index in [9.17, 15) is 14.4 Å². The van der Waals surface area contributed by atoms with Gasteiger partial charge in [-0.3, -0.25) is 19.8 Å². The van der Waals surface area contributed by atoms with Gasteiger partial charge < -0.3 is 0 Å². The summed E-state index contributed by atoms with van der Waals surface area (Å²) in [7, 11) is 0. The maximum Gasteiger partial charge on any atom is 0.331 e. The first kappa shape index (κ1) is 11.1. The van der Waals surface area contributed by atoms with Gasteiger partial charge in [-0.1, -0.05) is 20.3 Å². The number of amides is 4. The van der Waals surface area contributed by atoms with E-state index in [0.717, 1.165) is 30.6 Å². The number of carbonyl (C=O) groups excluding carboxylic acids is 3. The van der Waals surface area contributed by atoms with Crippen LogP contribution in [-0.2, 0) is 9.59 Å². The van der Waals surface area contributed by atoms with E-state index in [1.807, 2.05) is 5.32 Å². The lowest BCUT2D eigenvalue weighted by molar-refractivity contribution is -0.141. The smallest absolute Gasteiger partial charge is 0.269 e. The fourth-order valence-corrected chi connectivity index (χ4v) is 2.62. The number of imide groups is 2. The van der Waals surface area contributed by atoms with Crippen molar-refractivity contribution in [1.29, 1.82) is 0 Å². The van der Waals surface area contributed by atoms with Crippen LogP contribution in [0.1, 0.15) is 39.5 Å². The molecule has 1 aliphatic carbocycles. The molecule has 5 nitrogen and oxygen atoms in total. The van der Waals surface area contributed by atoms with Gasteiger partial charge in [0.15, 0.2) is 0 Å². The van der Waals surface area contributed by atoms with Crippen molar-refractivity contribution in [3.05, 3.63) is 0 Å². The second-order valence-electron chi connectivity index (χ2n) is 5.35. The Morgan fingerprint density at radius 2 is 2.00 bits per heavy atom. The van der Waals surface area contributed by atoms with Gasteiger partial charge in [0.2, 0.25) is 0 Å². The van der Waals surface area contributed by atoms with Crippen LogP contribution in [0, 0.1) is 5.41 Å². The summed E-state index contributed by atoms with van der Waals surface area (Å²) < 4.78 is 0. The molecule has 1 atom stereocenters. The third-order valence-corrected chi connectivity index (χ3v) is 3.40. The Balaban J connectivity index is 2.16. The molecule has 1 saturated carbocycles. The predicted molar refractivity (Wildman–Crippen MR) is 56.4 cm³/mol. The number of urea groups is 1. The van der Waals surface area contributed by atoms with E-state index in [1.54, 1.807) is 0 Å². The van der Waals surface area contributed by atoms with Gasteiger partial charge in [-0.15, -0.1) is 0 Å². The van der Waals surface area contributed by atoms with E-state index in [-0.39, 0.29) is 11.5 Å². The Morgan fingerprint density at radius 1 is 1.31 bits per heavy atom. The van der Waals surface area contributed by atoms with Crippen molar-refractivity contribution in [3.8, 4) is 0 Å². The molecule has 0 spiro atoms. The van der Waals surface area contributed by atoms with Gasteiger partial charge in [-0.2, -0.15) is 0 Å². The van der Waals surface area contributed by atoms with Gasteiger partial charge in [0, 0.05) is 6.04 Å². The van der Waals surface area contributed by atoms with Crippen LogP contribution in [0.3, 0.4) is 0 Å². The average molecular weight is 224 g/mol. The van der Waals surface area contributed by atoms with Crippen molar-refractivity contribution in [3.63, 3.8) is 0 Å². The van der Waals surface area contributed by atoms with Crippen LogP contribution < -0.4 is 5.32 Å². The molecule has 4 amide bonds. The summed E-state index contributed by atoms with van der Waals surface area (Å²) in [5, 5.41) is 2.04. The molecule has 1 saturated heterocycles. The monoisotopic (exact) mass is 224 g/mol. The van der Waals surface area contributed by atoms with Crippen LogP contribution >= 0.6 is 0 Å². The minimum Gasteiger partial charge on any atom is -0.269 e. The first-order chi connectivity index (χ1) is 7.41. The molecule has 5 heteroatoms. The van der Waals surface area contributed by atoms with Crippen LogP contribution in [0.15, 0.2) is 0 Å². The molecule has 1 heterocycles. The summed E-state index contributed by atoms with van der Waals surface area (Å²) in [6, 6.07) is -0.680. The quantitative estimate of drug-likeness (QED) is 0.534. The maximum atomic E-state index is 11.5. The van der Waals surface area contributed by atoms with E-state index in [4.69, 9.17) is 0 Å². The lowest BCUT2D eigenvalue weighted by Gasteiger charge is -2.37. The number of carbonyl (C=O) groups is 3. The van der Waals surface area contributed by atoms with Gasteiger partial charge >= 0.3 is 17.8 Å². The molecular formula is C11H16N2O3. The summed E-state index contributed by atoms with van der Waals surface area (Å²) in [6.45, 7) is 4.25. The van der Waals surface area contributed by atoms with E-state index >= 15 is 0 Å². The molecule has 2 rings (SSSR count). The fourth-order valence-electron chi connectivity index (χ4n) is 2.62. The van der Waals surface area contributed by atoms with E-state index in [2.05, 4.69) is 13.8 Å². The highest BCUT2D eigenvalue weighted by Crippen LogP contribution is 2.37. The summed E-state index contributed by atoms with van der Waals surface area (Å²) in [6.07, 6.45) is 3.67. The van der Waals surface area contributed by atoms with Crippen molar-refractivity contribution in [1.82, 2.24) is 10.2 Å². The van der Waals surface area contributed by atoms with Crippen LogP contribution in [0.2, 0.25) is 0 Å². The molecule has 0 radical (unpaired) electrons. The third kappa shape index (κ3) is 1.81. The zero-order chi connectivity index (χ0) is 11.9. The standard InChI is InChI=1S/C11H16N2O3/c1-11(2)5-3-4-7(6-11)13-9(15)8(14)12-10(13)16/h7H,3-6H2,1-2H3,(H,12,14,16). The van der Waals surface area contributed by atoms with Crippen molar-refractivity contribution >= 4 is 17.8 Å². The Morgan fingerprint density at radius 3 is 2.50 bits per heavy atom. The third-order valence-electron chi connectivity index (χ3n) is 3.40. The normalized spacial score (nSPS) is 29.5. The van der Waals surface area contributed by atoms with E-state index < -0.39 is 17.8 Å². The van der Waals surface area contributed by atoms with Crippen LogP contribution in [-0.4, -0.2) is 28.8 Å². The molecular weight excluding hydrogens is 208 g/mol. The number of nitrogens with one attached hydrogen (secondary N) is 1. The Kier molecular flexibility index (Phi) is 2.48. The first-order valence-electron chi connectivity index (χ1n) is 5.59. The molecule has 0 aromatic heterocycles. The largest absolute Gasteiger partial charge is 0.331 e. The van der Waals surface area contributed by atoms with Gasteiger partial charge in [0.1, 0.15) is 0 Å². The molecule has 1 aliphatic heterocycles. The van der Waals surface area contributed by atoms with E-state index in [0.29, 0.717) is 0 Å². The Bertz CT molecular complexity index is 362. The summed E-state index contributed by atoms with van der Waals surface area (Å²) in [4.78, 5) is 35.2. The highest BCUT2D eigenvalue weighted by Gasteiger charge is 2.44. The molecule has 1 unspecified atom stereocenters. The zero-order valence-corrected chi connectivity index (χ0v) is 9.58. The number of hydrogen-bond donors (Lipinski definition) is 1. The highest BCUT2D eigenvalue weighted by atomic mass is 16.2. The van der Waals surface area contributed by atoms with Crippen LogP contribution in [0.25, 0.3) is 0 Å². The second-order valence-corrected chi connectivity index (χ2v) is 5.35. The molecule has 2 aliphatic rings. The lowest BCUT2D eigenvalue weighted by atomic mass is 9.75. The molecule has 2 fully saturated rings. The van der Waals surface area contributed by atoms with Gasteiger partial charge in [-0.25, -0.2) is 4.79 Å². The van der Waals surface area contributed by atoms with Gasteiger partial charge in [0.25, 0.3) is 0 Å². The number of hydrogen-bond acceptors (Lipinski definition) is 3. The van der Waals surface area contributed by atoms with Crippen molar-refractivity contribution < 1.29 is 14.4 Å². The van der Waals surface area contributed by atoms with Gasteiger partial charge in [-0.05, 0) is 24.7 Å². The minimum atomic E-state index is -0.798. The Hall–Kier alpha value is -1.39. The SMILES string of the molecule is CC1(C)CCCC(N2C(=O)NC(=O)C2=O)C1. The predicted octanol–water partition coefficient (Wildman–Crippen LogP) is 1.03. The average Bonchev–Trinajstić information content (AvgIpc) is 2.39. The number of nitrogens with zero attached hydrogens (tertiary/aromatic N) is 1. The molecule has 88 valence electrons. The van der Waals surface area contributed by atoms with Crippen LogP contribution in [0.5, 0.6) is 0 Å². The highest BCUT2D eigenvalue weighted by molar-refractivity contribution is 6.44. The molecule has 16 heavy (non-hydrogen) atoms. The lowest BCUT2D eigenvalue weighted by Crippen LogP contribution is -2.44. The van der Waals surface area contributed by atoms with Crippen molar-refractivity contribution in [2.75, 3.05) is 0 Å². The van der Waals surface area contributed by atoms with Crippen LogP contribution in [0.4, 0.5) is 4.79 Å².